The summed E-state index contributed by atoms with van der Waals surface area (Å²) in [6.45, 7) is 0.545. The zero-order chi connectivity index (χ0) is 20.6. The van der Waals surface area contributed by atoms with Crippen LogP contribution in [-0.4, -0.2) is 12.4 Å². The smallest absolute Gasteiger partial charge is 0.261 e. The summed E-state index contributed by atoms with van der Waals surface area (Å²) in [6, 6.07) is 17.7. The van der Waals surface area contributed by atoms with Gasteiger partial charge in [-0.1, -0.05) is 41.9 Å². The molecule has 0 spiro atoms. The van der Waals surface area contributed by atoms with Crippen molar-refractivity contribution in [2.45, 2.75) is 11.4 Å². The molecule has 0 unspecified atom stereocenters. The molecular weight excluding hydrogens is 435 g/mol. The molecule has 9 heteroatoms. The molecule has 0 aliphatic carbocycles. The van der Waals surface area contributed by atoms with Gasteiger partial charge < -0.3 is 0 Å². The average molecular weight is 449 g/mol. The minimum absolute atomic E-state index is 0.165. The first-order valence-corrected chi connectivity index (χ1v) is 11.1. The second-order valence-corrected chi connectivity index (χ2v) is 9.40. The highest BCUT2D eigenvalue weighted by atomic mass is 35.5. The van der Waals surface area contributed by atoms with Crippen LogP contribution in [0, 0.1) is 5.82 Å². The van der Waals surface area contributed by atoms with Crippen LogP contribution in [0.2, 0.25) is 5.02 Å². The molecule has 1 N–H and O–H groups in total. The van der Waals surface area contributed by atoms with Gasteiger partial charge in [0, 0.05) is 5.69 Å². The first-order valence-electron chi connectivity index (χ1n) is 8.49. The maximum absolute atomic E-state index is 13.3. The van der Waals surface area contributed by atoms with E-state index in [9.17, 15) is 17.6 Å². The van der Waals surface area contributed by atoms with Crippen LogP contribution in [0.1, 0.15) is 5.56 Å². The molecule has 0 atom stereocenters. The number of nitrogens with one attached hydrogen (secondary N) is 1. The Morgan fingerprint density at radius 1 is 1.03 bits per heavy atom. The number of benzene rings is 3. The standard InChI is InChI=1S/C20H14ClFN2O3S2/c21-17-11-15(7-8-18(17)22)29(26,27)23-14-6-9-19-16(10-14)20(25)28-24(19)12-13-4-2-1-3-5-13/h1-11,23H,12H2. The molecular formula is C20H14ClFN2O3S2. The lowest BCUT2D eigenvalue weighted by Crippen LogP contribution is -2.13. The number of aromatic nitrogens is 1. The van der Waals surface area contributed by atoms with Gasteiger partial charge in [-0.05, 0) is 53.5 Å². The number of hydrogen-bond donors (Lipinski definition) is 1. The van der Waals surface area contributed by atoms with Crippen molar-refractivity contribution in [3.8, 4) is 0 Å². The number of sulfonamides is 1. The maximum atomic E-state index is 13.3. The predicted octanol–water partition coefficient (Wildman–Crippen LogP) is 4.70. The van der Waals surface area contributed by atoms with Gasteiger partial charge in [0.1, 0.15) is 5.82 Å². The summed E-state index contributed by atoms with van der Waals surface area (Å²) in [4.78, 5) is 12.3. The summed E-state index contributed by atoms with van der Waals surface area (Å²) in [5.41, 5.74) is 2.01. The maximum Gasteiger partial charge on any atom is 0.261 e. The molecule has 29 heavy (non-hydrogen) atoms. The molecule has 0 aliphatic heterocycles. The van der Waals surface area contributed by atoms with E-state index in [0.29, 0.717) is 11.9 Å². The Morgan fingerprint density at radius 2 is 1.79 bits per heavy atom. The molecule has 0 amide bonds. The second kappa shape index (κ2) is 7.62. The lowest BCUT2D eigenvalue weighted by molar-refractivity contribution is 0.599. The summed E-state index contributed by atoms with van der Waals surface area (Å²) >= 11 is 6.75. The Bertz CT molecular complexity index is 1370. The number of rotatable bonds is 5. The van der Waals surface area contributed by atoms with Gasteiger partial charge in [-0.25, -0.2) is 12.8 Å². The third kappa shape index (κ3) is 4.05. The summed E-state index contributed by atoms with van der Waals surface area (Å²) in [5, 5.41) is 0.133. The largest absolute Gasteiger partial charge is 0.290 e. The van der Waals surface area contributed by atoms with Crippen molar-refractivity contribution in [3.05, 3.63) is 92.7 Å². The second-order valence-electron chi connectivity index (χ2n) is 6.31. The van der Waals surface area contributed by atoms with Gasteiger partial charge in [-0.15, -0.1) is 0 Å². The van der Waals surface area contributed by atoms with Crippen LogP contribution in [-0.2, 0) is 16.6 Å². The molecule has 5 nitrogen and oxygen atoms in total. The monoisotopic (exact) mass is 448 g/mol. The van der Waals surface area contributed by atoms with Gasteiger partial charge in [0.15, 0.2) is 0 Å². The number of halogens is 2. The van der Waals surface area contributed by atoms with Gasteiger partial charge in [0.25, 0.3) is 14.8 Å². The number of anilines is 1. The van der Waals surface area contributed by atoms with E-state index in [2.05, 4.69) is 4.72 Å². The minimum atomic E-state index is -3.98. The highest BCUT2D eigenvalue weighted by molar-refractivity contribution is 7.92. The molecule has 0 bridgehead atoms. The highest BCUT2D eigenvalue weighted by Crippen LogP contribution is 2.24. The zero-order valence-electron chi connectivity index (χ0n) is 14.8. The normalized spacial score (nSPS) is 11.7. The van der Waals surface area contributed by atoms with E-state index in [1.54, 1.807) is 12.1 Å². The van der Waals surface area contributed by atoms with E-state index in [1.807, 2.05) is 34.3 Å². The van der Waals surface area contributed by atoms with Crippen LogP contribution >= 0.6 is 23.1 Å². The van der Waals surface area contributed by atoms with Crippen LogP contribution in [0.15, 0.2) is 76.4 Å². The van der Waals surface area contributed by atoms with Crippen molar-refractivity contribution in [2.75, 3.05) is 4.72 Å². The number of nitrogens with zero attached hydrogens (tertiary/aromatic N) is 1. The summed E-state index contributed by atoms with van der Waals surface area (Å²) in [5.74, 6) is -0.704. The first-order chi connectivity index (χ1) is 13.8. The molecule has 1 heterocycles. The lowest BCUT2D eigenvalue weighted by Gasteiger charge is -2.09. The summed E-state index contributed by atoms with van der Waals surface area (Å²) < 4.78 is 42.5. The van der Waals surface area contributed by atoms with Crippen LogP contribution in [0.5, 0.6) is 0 Å². The lowest BCUT2D eigenvalue weighted by atomic mass is 10.2. The van der Waals surface area contributed by atoms with Gasteiger partial charge >= 0.3 is 0 Å². The molecule has 0 radical (unpaired) electrons. The van der Waals surface area contributed by atoms with Crippen molar-refractivity contribution in [3.63, 3.8) is 0 Å². The Kier molecular flexibility index (Phi) is 5.16. The Balaban J connectivity index is 1.66. The minimum Gasteiger partial charge on any atom is -0.290 e. The Hall–Kier alpha value is -2.68. The van der Waals surface area contributed by atoms with Crippen molar-refractivity contribution in [1.82, 2.24) is 3.96 Å². The molecule has 4 aromatic rings. The van der Waals surface area contributed by atoms with E-state index >= 15 is 0 Å². The molecule has 0 fully saturated rings. The fourth-order valence-corrected chi connectivity index (χ4v) is 5.16. The van der Waals surface area contributed by atoms with Gasteiger partial charge in [0.05, 0.1) is 27.4 Å². The van der Waals surface area contributed by atoms with Gasteiger partial charge in [-0.3, -0.25) is 13.5 Å². The number of fused-ring (bicyclic) bond motifs is 1. The number of hydrogen-bond acceptors (Lipinski definition) is 4. The van der Waals surface area contributed by atoms with Crippen LogP contribution in [0.25, 0.3) is 10.9 Å². The Labute approximate surface area is 175 Å². The molecule has 0 saturated carbocycles. The van der Waals surface area contributed by atoms with Crippen molar-refractivity contribution in [2.24, 2.45) is 0 Å². The van der Waals surface area contributed by atoms with E-state index in [4.69, 9.17) is 11.6 Å². The summed E-state index contributed by atoms with van der Waals surface area (Å²) in [7, 11) is -3.98. The summed E-state index contributed by atoms with van der Waals surface area (Å²) in [6.07, 6.45) is 0. The molecule has 3 aromatic carbocycles. The fourth-order valence-electron chi connectivity index (χ4n) is 2.90. The van der Waals surface area contributed by atoms with E-state index in [-0.39, 0.29) is 20.3 Å². The van der Waals surface area contributed by atoms with E-state index in [0.717, 1.165) is 40.8 Å². The Morgan fingerprint density at radius 3 is 2.52 bits per heavy atom. The predicted molar refractivity (Wildman–Crippen MR) is 114 cm³/mol. The topological polar surface area (TPSA) is 68.2 Å². The third-order valence-corrected chi connectivity index (χ3v) is 6.90. The molecule has 148 valence electrons. The van der Waals surface area contributed by atoms with Crippen LogP contribution in [0.4, 0.5) is 10.1 Å². The zero-order valence-corrected chi connectivity index (χ0v) is 17.2. The quantitative estimate of drug-likeness (QED) is 0.481. The van der Waals surface area contributed by atoms with Crippen molar-refractivity contribution < 1.29 is 12.8 Å². The van der Waals surface area contributed by atoms with E-state index < -0.39 is 15.8 Å². The average Bonchev–Trinajstić information content (AvgIpc) is 2.99. The van der Waals surface area contributed by atoms with Gasteiger partial charge in [0.2, 0.25) is 0 Å². The molecule has 0 saturated heterocycles. The molecule has 0 aliphatic rings. The van der Waals surface area contributed by atoms with E-state index in [1.165, 1.54) is 6.07 Å². The first kappa shape index (κ1) is 19.6. The van der Waals surface area contributed by atoms with Crippen molar-refractivity contribution in [1.29, 1.82) is 0 Å². The molecule has 1 aromatic heterocycles. The third-order valence-electron chi connectivity index (χ3n) is 4.30. The van der Waals surface area contributed by atoms with Crippen LogP contribution in [0.3, 0.4) is 0 Å². The molecule has 4 rings (SSSR count). The van der Waals surface area contributed by atoms with Crippen LogP contribution < -0.4 is 9.46 Å². The van der Waals surface area contributed by atoms with Gasteiger partial charge in [-0.2, -0.15) is 0 Å². The fraction of sp³-hybridized carbons (Fsp3) is 0.0500. The SMILES string of the molecule is O=c1sn(Cc2ccccc2)c2ccc(NS(=O)(=O)c3ccc(F)c(Cl)c3)cc12. The highest BCUT2D eigenvalue weighted by Gasteiger charge is 2.17. The van der Waals surface area contributed by atoms with Crippen molar-refractivity contribution >= 4 is 49.7 Å².